The summed E-state index contributed by atoms with van der Waals surface area (Å²) in [4.78, 5) is 8.29. The monoisotopic (exact) mass is 255 g/mol. The summed E-state index contributed by atoms with van der Waals surface area (Å²) in [5, 5.41) is 3.18. The fraction of sp³-hybridized carbons (Fsp3) is 0.636. The minimum atomic E-state index is -2.80. The molecule has 5 nitrogen and oxygen atoms in total. The van der Waals surface area contributed by atoms with Gasteiger partial charge in [-0.25, -0.2) is 8.42 Å². The Hall–Kier alpha value is -1.01. The summed E-state index contributed by atoms with van der Waals surface area (Å²) in [6.45, 7) is 0. The van der Waals surface area contributed by atoms with Crippen LogP contribution in [0.3, 0.4) is 0 Å². The minimum Gasteiger partial charge on any atom is -0.312 e. The van der Waals surface area contributed by atoms with E-state index in [1.165, 1.54) is 0 Å². The van der Waals surface area contributed by atoms with Gasteiger partial charge in [0, 0.05) is 18.6 Å². The van der Waals surface area contributed by atoms with Crippen molar-refractivity contribution in [1.82, 2.24) is 15.3 Å². The second-order valence-corrected chi connectivity index (χ2v) is 6.71. The first-order chi connectivity index (χ1) is 8.11. The summed E-state index contributed by atoms with van der Waals surface area (Å²) in [5.41, 5.74) is 0.874. The van der Waals surface area contributed by atoms with Crippen LogP contribution in [0.25, 0.3) is 0 Å². The number of rotatable bonds is 4. The highest BCUT2D eigenvalue weighted by Gasteiger charge is 2.30. The third-order valence-electron chi connectivity index (χ3n) is 3.18. The molecule has 0 aliphatic carbocycles. The zero-order chi connectivity index (χ0) is 12.3. The van der Waals surface area contributed by atoms with Crippen molar-refractivity contribution in [2.24, 2.45) is 5.92 Å². The Morgan fingerprint density at radius 2 is 2.35 bits per heavy atom. The highest BCUT2D eigenvalue weighted by molar-refractivity contribution is 7.91. The molecule has 0 saturated carbocycles. The fourth-order valence-electron chi connectivity index (χ4n) is 2.27. The Morgan fingerprint density at radius 3 is 2.88 bits per heavy atom. The second kappa shape index (κ2) is 5.10. The predicted octanol–water partition coefficient (Wildman–Crippen LogP) is 0.562. The molecule has 1 aliphatic heterocycles. The Bertz CT molecular complexity index is 461. The molecule has 2 atom stereocenters. The molecule has 0 radical (unpaired) electrons. The first-order valence-corrected chi connectivity index (χ1v) is 7.56. The average molecular weight is 255 g/mol. The van der Waals surface area contributed by atoms with Crippen molar-refractivity contribution < 1.29 is 8.42 Å². The van der Waals surface area contributed by atoms with E-state index in [4.69, 9.17) is 0 Å². The van der Waals surface area contributed by atoms with Gasteiger partial charge in [0.2, 0.25) is 0 Å². The van der Waals surface area contributed by atoms with Gasteiger partial charge in [0.15, 0.2) is 9.84 Å². The molecule has 17 heavy (non-hydrogen) atoms. The first kappa shape index (κ1) is 12.4. The molecule has 1 aromatic heterocycles. The molecule has 2 heterocycles. The third kappa shape index (κ3) is 3.23. The molecule has 0 bridgehead atoms. The molecule has 0 amide bonds. The minimum absolute atomic E-state index is 0.0852. The normalized spacial score (nSPS) is 24.6. The lowest BCUT2D eigenvalue weighted by Gasteiger charge is -2.18. The summed E-state index contributed by atoms with van der Waals surface area (Å²) in [6, 6.07) is 0.0852. The van der Waals surface area contributed by atoms with Crippen LogP contribution in [0.4, 0.5) is 0 Å². The molecule has 1 N–H and O–H groups in total. The lowest BCUT2D eigenvalue weighted by atomic mass is 9.97. The number of sulfone groups is 1. The molecule has 6 heteroatoms. The van der Waals surface area contributed by atoms with Crippen LogP contribution in [0.2, 0.25) is 0 Å². The maximum Gasteiger partial charge on any atom is 0.150 e. The Kier molecular flexibility index (Phi) is 3.73. The molecule has 1 fully saturated rings. The van der Waals surface area contributed by atoms with E-state index in [2.05, 4.69) is 15.3 Å². The second-order valence-electron chi connectivity index (χ2n) is 4.48. The SMILES string of the molecule is CNC(CC1CCS(=O)(=O)C1)c1cnccn1. The lowest BCUT2D eigenvalue weighted by molar-refractivity contribution is 0.429. The average Bonchev–Trinajstić information content (AvgIpc) is 2.67. The topological polar surface area (TPSA) is 72.0 Å². The maximum atomic E-state index is 11.4. The largest absolute Gasteiger partial charge is 0.312 e. The van der Waals surface area contributed by atoms with Gasteiger partial charge in [-0.05, 0) is 25.8 Å². The number of nitrogens with one attached hydrogen (secondary N) is 1. The quantitative estimate of drug-likeness (QED) is 0.851. The summed E-state index contributed by atoms with van der Waals surface area (Å²) < 4.78 is 22.8. The Labute approximate surface area is 102 Å². The zero-order valence-electron chi connectivity index (χ0n) is 9.83. The van der Waals surface area contributed by atoms with Crippen LogP contribution in [0.15, 0.2) is 18.6 Å². The van der Waals surface area contributed by atoms with Crippen molar-refractivity contribution in [2.45, 2.75) is 18.9 Å². The van der Waals surface area contributed by atoms with Crippen LogP contribution in [-0.4, -0.2) is 36.9 Å². The van der Waals surface area contributed by atoms with Gasteiger partial charge < -0.3 is 5.32 Å². The number of hydrogen-bond donors (Lipinski definition) is 1. The summed E-state index contributed by atoms with van der Waals surface area (Å²) in [7, 11) is -0.931. The van der Waals surface area contributed by atoms with E-state index in [9.17, 15) is 8.42 Å². The van der Waals surface area contributed by atoms with E-state index in [1.54, 1.807) is 18.6 Å². The summed E-state index contributed by atoms with van der Waals surface area (Å²) >= 11 is 0. The number of hydrogen-bond acceptors (Lipinski definition) is 5. The van der Waals surface area contributed by atoms with E-state index in [1.807, 2.05) is 7.05 Å². The number of nitrogens with zero attached hydrogens (tertiary/aromatic N) is 2. The van der Waals surface area contributed by atoms with Gasteiger partial charge in [-0.3, -0.25) is 9.97 Å². The van der Waals surface area contributed by atoms with Crippen molar-refractivity contribution in [2.75, 3.05) is 18.6 Å². The predicted molar refractivity (Wildman–Crippen MR) is 65.2 cm³/mol. The van der Waals surface area contributed by atoms with E-state index in [-0.39, 0.29) is 12.0 Å². The van der Waals surface area contributed by atoms with Gasteiger partial charge >= 0.3 is 0 Å². The van der Waals surface area contributed by atoms with Gasteiger partial charge in [0.05, 0.1) is 23.2 Å². The Morgan fingerprint density at radius 1 is 1.53 bits per heavy atom. The molecule has 1 saturated heterocycles. The van der Waals surface area contributed by atoms with Crippen LogP contribution >= 0.6 is 0 Å². The highest BCUT2D eigenvalue weighted by Crippen LogP contribution is 2.27. The van der Waals surface area contributed by atoms with Crippen LogP contribution in [0.5, 0.6) is 0 Å². The van der Waals surface area contributed by atoms with Crippen molar-refractivity contribution in [1.29, 1.82) is 0 Å². The van der Waals surface area contributed by atoms with E-state index in [0.717, 1.165) is 18.5 Å². The van der Waals surface area contributed by atoms with Crippen LogP contribution in [-0.2, 0) is 9.84 Å². The molecule has 1 aromatic rings. The van der Waals surface area contributed by atoms with E-state index >= 15 is 0 Å². The van der Waals surface area contributed by atoms with Crippen molar-refractivity contribution in [3.63, 3.8) is 0 Å². The Balaban J connectivity index is 2.02. The highest BCUT2D eigenvalue weighted by atomic mass is 32.2. The van der Waals surface area contributed by atoms with Crippen LogP contribution in [0.1, 0.15) is 24.6 Å². The van der Waals surface area contributed by atoms with Crippen molar-refractivity contribution >= 4 is 9.84 Å². The summed E-state index contributed by atoms with van der Waals surface area (Å²) in [5.74, 6) is 0.875. The van der Waals surface area contributed by atoms with Crippen molar-refractivity contribution in [3.05, 3.63) is 24.3 Å². The molecular weight excluding hydrogens is 238 g/mol. The standard InChI is InChI=1S/C11H17N3O2S/c1-12-10(11-7-13-3-4-14-11)6-9-2-5-17(15,16)8-9/h3-4,7,9-10,12H,2,5-6,8H2,1H3. The molecule has 2 rings (SSSR count). The van der Waals surface area contributed by atoms with E-state index in [0.29, 0.717) is 11.5 Å². The van der Waals surface area contributed by atoms with Gasteiger partial charge in [-0.1, -0.05) is 0 Å². The molecule has 0 spiro atoms. The summed E-state index contributed by atoms with van der Waals surface area (Å²) in [6.07, 6.45) is 6.58. The van der Waals surface area contributed by atoms with Gasteiger partial charge in [0.25, 0.3) is 0 Å². The number of aromatic nitrogens is 2. The lowest BCUT2D eigenvalue weighted by Crippen LogP contribution is -2.21. The molecule has 2 unspecified atom stereocenters. The first-order valence-electron chi connectivity index (χ1n) is 5.74. The van der Waals surface area contributed by atoms with E-state index < -0.39 is 9.84 Å². The smallest absolute Gasteiger partial charge is 0.150 e. The third-order valence-corrected chi connectivity index (χ3v) is 5.02. The molecule has 1 aliphatic rings. The maximum absolute atomic E-state index is 11.4. The van der Waals surface area contributed by atoms with Crippen LogP contribution < -0.4 is 5.32 Å². The zero-order valence-corrected chi connectivity index (χ0v) is 10.7. The molecule has 94 valence electrons. The molecular formula is C11H17N3O2S. The van der Waals surface area contributed by atoms with Gasteiger partial charge in [-0.15, -0.1) is 0 Å². The van der Waals surface area contributed by atoms with Gasteiger partial charge in [0.1, 0.15) is 0 Å². The fourth-order valence-corrected chi connectivity index (χ4v) is 4.15. The molecule has 0 aromatic carbocycles. The van der Waals surface area contributed by atoms with Crippen LogP contribution in [0, 0.1) is 5.92 Å². The van der Waals surface area contributed by atoms with Gasteiger partial charge in [-0.2, -0.15) is 0 Å². The van der Waals surface area contributed by atoms with Crippen molar-refractivity contribution in [3.8, 4) is 0 Å².